The summed E-state index contributed by atoms with van der Waals surface area (Å²) in [4.78, 5) is 16.1. The van der Waals surface area contributed by atoms with Crippen molar-refractivity contribution in [2.45, 2.75) is 0 Å². The average Bonchev–Trinajstić information content (AvgIpc) is 2.40. The zero-order chi connectivity index (χ0) is 12.5. The summed E-state index contributed by atoms with van der Waals surface area (Å²) >= 11 is 0. The molecule has 0 amide bonds. The van der Waals surface area contributed by atoms with Crippen LogP contribution in [0.15, 0.2) is 59.5 Å². The lowest BCUT2D eigenvalue weighted by Crippen LogP contribution is -2.18. The number of fused-ring (bicyclic) bond motifs is 1. The Labute approximate surface area is 103 Å². The van der Waals surface area contributed by atoms with E-state index in [-0.39, 0.29) is 11.3 Å². The van der Waals surface area contributed by atoms with Crippen molar-refractivity contribution in [2.24, 2.45) is 0 Å². The predicted octanol–water partition coefficient (Wildman–Crippen LogP) is 2.09. The maximum Gasteiger partial charge on any atom is 0.274 e. The summed E-state index contributed by atoms with van der Waals surface area (Å²) in [6.07, 6.45) is 1.26. The molecule has 0 saturated carbocycles. The first-order valence-corrected chi connectivity index (χ1v) is 5.52. The summed E-state index contributed by atoms with van der Waals surface area (Å²) in [6.45, 7) is 0. The molecule has 0 atom stereocenters. The van der Waals surface area contributed by atoms with Crippen LogP contribution in [0.3, 0.4) is 0 Å². The molecular weight excluding hydrogens is 228 g/mol. The lowest BCUT2D eigenvalue weighted by molar-refractivity contribution is 0.472. The summed E-state index contributed by atoms with van der Waals surface area (Å²) in [7, 11) is 0. The molecule has 1 heterocycles. The first-order valence-electron chi connectivity index (χ1n) is 5.52. The molecule has 0 aliphatic heterocycles. The Balaban J connectivity index is 2.46. The van der Waals surface area contributed by atoms with Gasteiger partial charge in [-0.3, -0.25) is 9.36 Å². The number of phenolic OH excluding ortho intramolecular Hbond substituents is 1. The van der Waals surface area contributed by atoms with Crippen LogP contribution < -0.4 is 5.56 Å². The van der Waals surface area contributed by atoms with Crippen molar-refractivity contribution in [1.82, 2.24) is 9.55 Å². The van der Waals surface area contributed by atoms with Crippen LogP contribution in [-0.4, -0.2) is 14.7 Å². The Morgan fingerprint density at radius 2 is 1.72 bits per heavy atom. The van der Waals surface area contributed by atoms with Gasteiger partial charge in [0.05, 0.1) is 22.9 Å². The SMILES string of the molecule is O=c1cnc2ccccc2n1-c1ccccc1O. The van der Waals surface area contributed by atoms with E-state index >= 15 is 0 Å². The molecule has 4 nitrogen and oxygen atoms in total. The van der Waals surface area contributed by atoms with Crippen molar-refractivity contribution in [1.29, 1.82) is 0 Å². The smallest absolute Gasteiger partial charge is 0.274 e. The van der Waals surface area contributed by atoms with Gasteiger partial charge in [0.25, 0.3) is 5.56 Å². The zero-order valence-electron chi connectivity index (χ0n) is 9.45. The molecule has 0 spiro atoms. The van der Waals surface area contributed by atoms with Crippen molar-refractivity contribution in [3.8, 4) is 11.4 Å². The highest BCUT2D eigenvalue weighted by Gasteiger charge is 2.08. The molecule has 2 aromatic carbocycles. The van der Waals surface area contributed by atoms with Crippen molar-refractivity contribution in [3.63, 3.8) is 0 Å². The standard InChI is InChI=1S/C14H10N2O2/c17-13-8-4-3-7-12(13)16-11-6-2-1-5-10(11)15-9-14(16)18/h1-9,17H. The van der Waals surface area contributed by atoms with Gasteiger partial charge in [0, 0.05) is 0 Å². The number of rotatable bonds is 1. The number of phenols is 1. The van der Waals surface area contributed by atoms with Gasteiger partial charge in [-0.05, 0) is 24.3 Å². The highest BCUT2D eigenvalue weighted by molar-refractivity contribution is 5.76. The summed E-state index contributed by atoms with van der Waals surface area (Å²) in [6, 6.07) is 14.1. The van der Waals surface area contributed by atoms with Crippen LogP contribution in [0, 0.1) is 0 Å². The van der Waals surface area contributed by atoms with E-state index in [0.717, 1.165) is 0 Å². The number of para-hydroxylation sites is 4. The molecule has 18 heavy (non-hydrogen) atoms. The Morgan fingerprint density at radius 1 is 1.00 bits per heavy atom. The van der Waals surface area contributed by atoms with E-state index in [1.54, 1.807) is 30.3 Å². The minimum absolute atomic E-state index is 0.0657. The molecule has 0 fully saturated rings. The number of benzene rings is 2. The third-order valence-electron chi connectivity index (χ3n) is 2.78. The minimum atomic E-state index is -0.268. The van der Waals surface area contributed by atoms with Crippen molar-refractivity contribution < 1.29 is 5.11 Å². The van der Waals surface area contributed by atoms with E-state index in [2.05, 4.69) is 4.98 Å². The van der Waals surface area contributed by atoms with Crippen LogP contribution in [0.5, 0.6) is 5.75 Å². The molecule has 0 saturated heterocycles. The highest BCUT2D eigenvalue weighted by Crippen LogP contribution is 2.22. The van der Waals surface area contributed by atoms with Crippen LogP contribution in [0.25, 0.3) is 16.7 Å². The third kappa shape index (κ3) is 1.55. The maximum atomic E-state index is 12.0. The lowest BCUT2D eigenvalue weighted by atomic mass is 10.2. The normalized spacial score (nSPS) is 10.7. The number of aromatic hydroxyl groups is 1. The molecule has 0 aliphatic carbocycles. The molecule has 3 rings (SSSR count). The van der Waals surface area contributed by atoms with Gasteiger partial charge in [-0.2, -0.15) is 0 Å². The second-order valence-corrected chi connectivity index (χ2v) is 3.91. The van der Waals surface area contributed by atoms with Crippen LogP contribution in [0.4, 0.5) is 0 Å². The van der Waals surface area contributed by atoms with Gasteiger partial charge in [-0.25, -0.2) is 4.98 Å². The summed E-state index contributed by atoms with van der Waals surface area (Å²) < 4.78 is 1.46. The van der Waals surface area contributed by atoms with Gasteiger partial charge in [0.1, 0.15) is 5.75 Å². The summed E-state index contributed by atoms with van der Waals surface area (Å²) in [5.41, 5.74) is 1.57. The summed E-state index contributed by atoms with van der Waals surface area (Å²) in [5, 5.41) is 9.87. The van der Waals surface area contributed by atoms with Gasteiger partial charge in [0.15, 0.2) is 0 Å². The van der Waals surface area contributed by atoms with Gasteiger partial charge < -0.3 is 5.11 Å². The number of hydrogen-bond acceptors (Lipinski definition) is 3. The number of hydrogen-bond donors (Lipinski definition) is 1. The lowest BCUT2D eigenvalue weighted by Gasteiger charge is -2.10. The fourth-order valence-electron chi connectivity index (χ4n) is 1.97. The minimum Gasteiger partial charge on any atom is -0.506 e. The van der Waals surface area contributed by atoms with E-state index in [4.69, 9.17) is 0 Å². The molecular formula is C14H10N2O2. The Hall–Kier alpha value is -2.62. The fraction of sp³-hybridized carbons (Fsp3) is 0. The molecule has 1 N–H and O–H groups in total. The van der Waals surface area contributed by atoms with Crippen LogP contribution in [0.2, 0.25) is 0 Å². The topological polar surface area (TPSA) is 55.1 Å². The molecule has 1 aromatic heterocycles. The molecule has 88 valence electrons. The Morgan fingerprint density at radius 3 is 2.56 bits per heavy atom. The first kappa shape index (κ1) is 10.5. The number of nitrogens with zero attached hydrogens (tertiary/aromatic N) is 2. The van der Waals surface area contributed by atoms with Crippen molar-refractivity contribution >= 4 is 11.0 Å². The van der Waals surface area contributed by atoms with Crippen molar-refractivity contribution in [2.75, 3.05) is 0 Å². The van der Waals surface area contributed by atoms with E-state index in [1.807, 2.05) is 18.2 Å². The fourth-order valence-corrected chi connectivity index (χ4v) is 1.97. The van der Waals surface area contributed by atoms with E-state index in [9.17, 15) is 9.90 Å². The maximum absolute atomic E-state index is 12.0. The van der Waals surface area contributed by atoms with Gasteiger partial charge >= 0.3 is 0 Å². The molecule has 0 radical (unpaired) electrons. The van der Waals surface area contributed by atoms with Crippen molar-refractivity contribution in [3.05, 3.63) is 65.1 Å². The summed E-state index contributed by atoms with van der Waals surface area (Å²) in [5.74, 6) is 0.0657. The molecule has 0 bridgehead atoms. The van der Waals surface area contributed by atoms with Crippen LogP contribution in [0.1, 0.15) is 0 Å². The van der Waals surface area contributed by atoms with E-state index in [0.29, 0.717) is 16.7 Å². The van der Waals surface area contributed by atoms with Gasteiger partial charge in [0.2, 0.25) is 0 Å². The van der Waals surface area contributed by atoms with E-state index < -0.39 is 0 Å². The quantitative estimate of drug-likeness (QED) is 0.706. The average molecular weight is 238 g/mol. The third-order valence-corrected chi connectivity index (χ3v) is 2.78. The first-order chi connectivity index (χ1) is 8.77. The highest BCUT2D eigenvalue weighted by atomic mass is 16.3. The Bertz CT molecular complexity index is 778. The predicted molar refractivity (Wildman–Crippen MR) is 69.0 cm³/mol. The zero-order valence-corrected chi connectivity index (χ0v) is 9.45. The second kappa shape index (κ2) is 4.00. The van der Waals surface area contributed by atoms with E-state index in [1.165, 1.54) is 10.8 Å². The largest absolute Gasteiger partial charge is 0.506 e. The van der Waals surface area contributed by atoms with Gasteiger partial charge in [-0.1, -0.05) is 24.3 Å². The monoisotopic (exact) mass is 238 g/mol. The van der Waals surface area contributed by atoms with Gasteiger partial charge in [-0.15, -0.1) is 0 Å². The second-order valence-electron chi connectivity index (χ2n) is 3.91. The molecule has 4 heteroatoms. The molecule has 3 aromatic rings. The van der Waals surface area contributed by atoms with Crippen LogP contribution >= 0.6 is 0 Å². The van der Waals surface area contributed by atoms with Crippen LogP contribution in [-0.2, 0) is 0 Å². The number of aromatic nitrogens is 2. The molecule has 0 aliphatic rings. The Kier molecular flexibility index (Phi) is 2.34. The molecule has 0 unspecified atom stereocenters.